The molecule has 0 bridgehead atoms. The predicted molar refractivity (Wildman–Crippen MR) is 57.5 cm³/mol. The van der Waals surface area contributed by atoms with Crippen LogP contribution in [0.1, 0.15) is 6.42 Å². The minimum atomic E-state index is 0.781. The van der Waals surface area contributed by atoms with Crippen molar-refractivity contribution in [3.05, 3.63) is 12.3 Å². The van der Waals surface area contributed by atoms with Gasteiger partial charge in [0.1, 0.15) is 0 Å². The maximum Gasteiger partial charge on any atom is 0.0379 e. The lowest BCUT2D eigenvalue weighted by atomic mass is 10.0. The summed E-state index contributed by atoms with van der Waals surface area (Å²) < 4.78 is 0. The van der Waals surface area contributed by atoms with Gasteiger partial charge in [-0.15, -0.1) is 0 Å². The second kappa shape index (κ2) is 4.77. The summed E-state index contributed by atoms with van der Waals surface area (Å²) in [5.41, 5.74) is 5.51. The lowest BCUT2D eigenvalue weighted by molar-refractivity contribution is 0.0260. The van der Waals surface area contributed by atoms with Crippen molar-refractivity contribution in [2.24, 2.45) is 11.7 Å². The van der Waals surface area contributed by atoms with Crippen molar-refractivity contribution in [1.29, 1.82) is 0 Å². The molecule has 0 aromatic carbocycles. The van der Waals surface area contributed by atoms with Crippen molar-refractivity contribution >= 4 is 0 Å². The summed E-state index contributed by atoms with van der Waals surface area (Å²) in [5, 5.41) is 8.04. The molecular weight excluding hydrogens is 176 g/mol. The highest BCUT2D eigenvalue weighted by molar-refractivity contribution is 4.93. The first kappa shape index (κ1) is 9.96. The Balaban J connectivity index is 1.73. The van der Waals surface area contributed by atoms with Crippen LogP contribution >= 0.6 is 0 Å². The Morgan fingerprint density at radius 1 is 1.43 bits per heavy atom. The highest BCUT2D eigenvalue weighted by atomic mass is 15.6. The average Bonchev–Trinajstić information content (AvgIpc) is 2.55. The standard InChI is InChI=1S/C10H20N4/c11-3-1-4-13-5-2-6-14(13)9-10-7-12-8-10/h2,5,10,12H,1,3-4,6-9,11H2. The number of hydrazine groups is 1. The first-order chi connectivity index (χ1) is 6.90. The number of nitrogens with two attached hydrogens (primary N) is 1. The van der Waals surface area contributed by atoms with Crippen molar-refractivity contribution in [1.82, 2.24) is 15.3 Å². The molecule has 0 aliphatic carbocycles. The van der Waals surface area contributed by atoms with Crippen LogP contribution in [0.15, 0.2) is 12.3 Å². The van der Waals surface area contributed by atoms with Crippen LogP contribution in [0.5, 0.6) is 0 Å². The zero-order valence-electron chi connectivity index (χ0n) is 8.65. The van der Waals surface area contributed by atoms with E-state index in [2.05, 4.69) is 27.6 Å². The molecule has 2 aliphatic heterocycles. The minimum absolute atomic E-state index is 0.781. The summed E-state index contributed by atoms with van der Waals surface area (Å²) in [4.78, 5) is 0. The molecule has 0 unspecified atom stereocenters. The van der Waals surface area contributed by atoms with Crippen molar-refractivity contribution in [3.8, 4) is 0 Å². The lowest BCUT2D eigenvalue weighted by Gasteiger charge is -2.36. The van der Waals surface area contributed by atoms with E-state index in [1.165, 1.54) is 19.6 Å². The van der Waals surface area contributed by atoms with Crippen LogP contribution in [0.25, 0.3) is 0 Å². The van der Waals surface area contributed by atoms with E-state index < -0.39 is 0 Å². The second-order valence-corrected chi connectivity index (χ2v) is 4.09. The largest absolute Gasteiger partial charge is 0.330 e. The van der Waals surface area contributed by atoms with Crippen LogP contribution in [-0.4, -0.2) is 49.3 Å². The monoisotopic (exact) mass is 196 g/mol. The molecule has 0 aromatic rings. The van der Waals surface area contributed by atoms with Gasteiger partial charge >= 0.3 is 0 Å². The molecule has 0 saturated carbocycles. The Kier molecular flexibility index (Phi) is 3.39. The predicted octanol–water partition coefficient (Wildman–Crippen LogP) is -0.399. The first-order valence-electron chi connectivity index (χ1n) is 5.49. The quantitative estimate of drug-likeness (QED) is 0.628. The van der Waals surface area contributed by atoms with Gasteiger partial charge < -0.3 is 16.1 Å². The van der Waals surface area contributed by atoms with Gasteiger partial charge in [0.15, 0.2) is 0 Å². The van der Waals surface area contributed by atoms with Crippen LogP contribution in [0.3, 0.4) is 0 Å². The van der Waals surface area contributed by atoms with Gasteiger partial charge in [-0.1, -0.05) is 6.08 Å². The Morgan fingerprint density at radius 2 is 2.29 bits per heavy atom. The molecule has 14 heavy (non-hydrogen) atoms. The molecule has 2 rings (SSSR count). The van der Waals surface area contributed by atoms with Crippen molar-refractivity contribution in [2.75, 3.05) is 39.3 Å². The van der Waals surface area contributed by atoms with Crippen LogP contribution in [-0.2, 0) is 0 Å². The van der Waals surface area contributed by atoms with Crippen molar-refractivity contribution < 1.29 is 0 Å². The fourth-order valence-corrected chi connectivity index (χ4v) is 1.91. The summed E-state index contributed by atoms with van der Waals surface area (Å²) in [6.45, 7) is 6.46. The van der Waals surface area contributed by atoms with E-state index in [-0.39, 0.29) is 0 Å². The summed E-state index contributed by atoms with van der Waals surface area (Å²) in [6, 6.07) is 0. The Hall–Kier alpha value is -0.580. The van der Waals surface area contributed by atoms with Crippen LogP contribution in [0.4, 0.5) is 0 Å². The van der Waals surface area contributed by atoms with E-state index in [4.69, 9.17) is 5.73 Å². The highest BCUT2D eigenvalue weighted by Gasteiger charge is 2.23. The third-order valence-electron chi connectivity index (χ3n) is 2.88. The number of hydrogen-bond donors (Lipinski definition) is 2. The molecule has 2 heterocycles. The maximum atomic E-state index is 5.51. The molecule has 0 amide bonds. The summed E-state index contributed by atoms with van der Waals surface area (Å²) >= 11 is 0. The molecule has 4 heteroatoms. The lowest BCUT2D eigenvalue weighted by Crippen LogP contribution is -2.50. The maximum absolute atomic E-state index is 5.51. The smallest absolute Gasteiger partial charge is 0.0379 e. The van der Waals surface area contributed by atoms with E-state index in [0.29, 0.717) is 0 Å². The van der Waals surface area contributed by atoms with E-state index in [0.717, 1.165) is 32.0 Å². The highest BCUT2D eigenvalue weighted by Crippen LogP contribution is 2.13. The normalized spacial score (nSPS) is 23.1. The van der Waals surface area contributed by atoms with Gasteiger partial charge in [-0.3, -0.25) is 0 Å². The molecule has 4 nitrogen and oxygen atoms in total. The fourth-order valence-electron chi connectivity index (χ4n) is 1.91. The Labute approximate surface area is 85.7 Å². The SMILES string of the molecule is NCCCN1C=CCN1CC1CNC1. The van der Waals surface area contributed by atoms with Crippen molar-refractivity contribution in [3.63, 3.8) is 0 Å². The van der Waals surface area contributed by atoms with Gasteiger partial charge in [-0.05, 0) is 18.9 Å². The molecule has 0 aromatic heterocycles. The third-order valence-corrected chi connectivity index (χ3v) is 2.88. The molecule has 0 spiro atoms. The molecular formula is C10H20N4. The minimum Gasteiger partial charge on any atom is -0.330 e. The van der Waals surface area contributed by atoms with Crippen LogP contribution in [0, 0.1) is 5.92 Å². The van der Waals surface area contributed by atoms with E-state index >= 15 is 0 Å². The van der Waals surface area contributed by atoms with E-state index in [1.54, 1.807) is 0 Å². The summed E-state index contributed by atoms with van der Waals surface area (Å²) in [5.74, 6) is 0.843. The number of nitrogens with one attached hydrogen (secondary N) is 1. The zero-order chi connectivity index (χ0) is 9.80. The molecule has 1 fully saturated rings. The van der Waals surface area contributed by atoms with Gasteiger partial charge in [-0.2, -0.15) is 0 Å². The van der Waals surface area contributed by atoms with E-state index in [1.807, 2.05) is 0 Å². The number of hydrogen-bond acceptors (Lipinski definition) is 4. The molecule has 2 aliphatic rings. The second-order valence-electron chi connectivity index (χ2n) is 4.09. The van der Waals surface area contributed by atoms with Gasteiger partial charge in [0, 0.05) is 38.9 Å². The number of rotatable bonds is 5. The number of nitrogens with zero attached hydrogens (tertiary/aromatic N) is 2. The molecule has 3 N–H and O–H groups in total. The van der Waals surface area contributed by atoms with Crippen LogP contribution in [0.2, 0.25) is 0 Å². The molecule has 80 valence electrons. The Bertz CT molecular complexity index is 200. The fraction of sp³-hybridized carbons (Fsp3) is 0.800. The van der Waals surface area contributed by atoms with Gasteiger partial charge in [0.05, 0.1) is 0 Å². The summed E-state index contributed by atoms with van der Waals surface area (Å²) in [7, 11) is 0. The van der Waals surface area contributed by atoms with Gasteiger partial charge in [0.25, 0.3) is 0 Å². The summed E-state index contributed by atoms with van der Waals surface area (Å²) in [6.07, 6.45) is 5.48. The topological polar surface area (TPSA) is 44.5 Å². The van der Waals surface area contributed by atoms with Crippen molar-refractivity contribution in [2.45, 2.75) is 6.42 Å². The molecule has 1 saturated heterocycles. The van der Waals surface area contributed by atoms with Crippen LogP contribution < -0.4 is 11.1 Å². The zero-order valence-corrected chi connectivity index (χ0v) is 8.65. The average molecular weight is 196 g/mol. The molecule has 0 radical (unpaired) electrons. The first-order valence-corrected chi connectivity index (χ1v) is 5.49. The Morgan fingerprint density at radius 3 is 2.93 bits per heavy atom. The van der Waals surface area contributed by atoms with Gasteiger partial charge in [0.2, 0.25) is 0 Å². The molecule has 0 atom stereocenters. The van der Waals surface area contributed by atoms with E-state index in [9.17, 15) is 0 Å². The van der Waals surface area contributed by atoms with Gasteiger partial charge in [-0.25, -0.2) is 5.01 Å². The third kappa shape index (κ3) is 2.26.